The van der Waals surface area contributed by atoms with Crippen molar-refractivity contribution in [1.29, 1.82) is 0 Å². The molecule has 0 bridgehead atoms. The van der Waals surface area contributed by atoms with Crippen molar-refractivity contribution in [3.05, 3.63) is 84.1 Å². The molecule has 0 radical (unpaired) electrons. The molecular formula is C25H28N2O2. The molecule has 0 aromatic heterocycles. The van der Waals surface area contributed by atoms with E-state index in [1.807, 2.05) is 80.0 Å². The van der Waals surface area contributed by atoms with Gasteiger partial charge in [-0.25, -0.2) is 0 Å². The molecule has 29 heavy (non-hydrogen) atoms. The molecule has 1 unspecified atom stereocenters. The Morgan fingerprint density at radius 1 is 1.07 bits per heavy atom. The van der Waals surface area contributed by atoms with E-state index in [-0.39, 0.29) is 5.97 Å². The van der Waals surface area contributed by atoms with Gasteiger partial charge in [0.25, 0.3) is 0 Å². The van der Waals surface area contributed by atoms with E-state index < -0.39 is 5.41 Å². The Morgan fingerprint density at radius 2 is 1.76 bits per heavy atom. The summed E-state index contributed by atoms with van der Waals surface area (Å²) in [6.45, 7) is 4.29. The van der Waals surface area contributed by atoms with Crippen LogP contribution in [0.5, 0.6) is 0 Å². The van der Waals surface area contributed by atoms with Crippen molar-refractivity contribution in [3.8, 4) is 0 Å². The molecule has 4 nitrogen and oxygen atoms in total. The Labute approximate surface area is 173 Å². The Kier molecular flexibility index (Phi) is 7.01. The van der Waals surface area contributed by atoms with Crippen LogP contribution in [0.1, 0.15) is 33.1 Å². The number of hydrogen-bond donors (Lipinski definition) is 1. The van der Waals surface area contributed by atoms with Crippen molar-refractivity contribution in [3.63, 3.8) is 0 Å². The number of allylic oxidation sites excluding steroid dienone is 3. The third-order valence-electron chi connectivity index (χ3n) is 5.17. The average molecular weight is 389 g/mol. The fraction of sp³-hybridized carbons (Fsp3) is 0.280. The SMILES string of the molecule is CCOC(=O)C1(CC)CC(/C=N/c2ccccc2)=CC(=C/Nc2ccccc2)/C1. The first-order chi connectivity index (χ1) is 14.1. The topological polar surface area (TPSA) is 50.7 Å². The molecule has 150 valence electrons. The molecule has 2 aromatic carbocycles. The summed E-state index contributed by atoms with van der Waals surface area (Å²) in [5.41, 5.74) is 3.43. The molecule has 1 aliphatic carbocycles. The Hall–Kier alpha value is -3.14. The van der Waals surface area contributed by atoms with Gasteiger partial charge >= 0.3 is 5.97 Å². The van der Waals surface area contributed by atoms with Crippen LogP contribution in [0, 0.1) is 5.41 Å². The maximum absolute atomic E-state index is 12.8. The van der Waals surface area contributed by atoms with Gasteiger partial charge in [-0.15, -0.1) is 0 Å². The van der Waals surface area contributed by atoms with Gasteiger partial charge in [0.1, 0.15) is 0 Å². The van der Waals surface area contributed by atoms with E-state index in [0.717, 1.165) is 22.5 Å². The number of nitrogens with zero attached hydrogens (tertiary/aromatic N) is 1. The maximum Gasteiger partial charge on any atom is 0.312 e. The molecule has 1 aliphatic rings. The fourth-order valence-corrected chi connectivity index (χ4v) is 3.56. The first-order valence-electron chi connectivity index (χ1n) is 10.1. The third kappa shape index (κ3) is 5.44. The summed E-state index contributed by atoms with van der Waals surface area (Å²) in [7, 11) is 0. The Bertz CT molecular complexity index is 901. The number of carbonyl (C=O) groups excluding carboxylic acids is 1. The molecule has 4 heteroatoms. The maximum atomic E-state index is 12.8. The molecule has 0 heterocycles. The molecule has 0 spiro atoms. The zero-order valence-corrected chi connectivity index (χ0v) is 17.1. The fourth-order valence-electron chi connectivity index (χ4n) is 3.56. The van der Waals surface area contributed by atoms with Gasteiger partial charge in [-0.2, -0.15) is 0 Å². The predicted octanol–water partition coefficient (Wildman–Crippen LogP) is 6.06. The monoisotopic (exact) mass is 388 g/mol. The summed E-state index contributed by atoms with van der Waals surface area (Å²) in [5, 5.41) is 3.34. The first kappa shape index (κ1) is 20.6. The van der Waals surface area contributed by atoms with Crippen LogP contribution in [0.3, 0.4) is 0 Å². The lowest BCUT2D eigenvalue weighted by atomic mass is 9.70. The number of benzene rings is 2. The van der Waals surface area contributed by atoms with Crippen LogP contribution in [-0.2, 0) is 9.53 Å². The second-order valence-corrected chi connectivity index (χ2v) is 7.25. The van der Waals surface area contributed by atoms with Gasteiger partial charge in [0.05, 0.1) is 17.7 Å². The normalized spacial score (nSPS) is 20.5. The van der Waals surface area contributed by atoms with Crippen molar-refractivity contribution in [2.45, 2.75) is 33.1 Å². The molecular weight excluding hydrogens is 360 g/mol. The number of aliphatic imine (C=N–C) groups is 1. The van der Waals surface area contributed by atoms with Crippen LogP contribution in [-0.4, -0.2) is 18.8 Å². The average Bonchev–Trinajstić information content (AvgIpc) is 2.77. The van der Waals surface area contributed by atoms with Crippen LogP contribution in [0.2, 0.25) is 0 Å². The van der Waals surface area contributed by atoms with Gasteiger partial charge in [0.15, 0.2) is 0 Å². The van der Waals surface area contributed by atoms with Crippen LogP contribution in [0.25, 0.3) is 0 Å². The van der Waals surface area contributed by atoms with Gasteiger partial charge in [-0.1, -0.05) is 49.4 Å². The van der Waals surface area contributed by atoms with Crippen LogP contribution in [0.15, 0.2) is 89.1 Å². The summed E-state index contributed by atoms with van der Waals surface area (Å²) in [4.78, 5) is 17.4. The zero-order valence-electron chi connectivity index (χ0n) is 17.1. The van der Waals surface area contributed by atoms with E-state index in [9.17, 15) is 4.79 Å². The van der Waals surface area contributed by atoms with Crippen LogP contribution in [0.4, 0.5) is 11.4 Å². The minimum absolute atomic E-state index is 0.133. The zero-order chi connectivity index (χ0) is 20.5. The third-order valence-corrected chi connectivity index (χ3v) is 5.17. The molecule has 1 N–H and O–H groups in total. The van der Waals surface area contributed by atoms with E-state index in [1.54, 1.807) is 0 Å². The van der Waals surface area contributed by atoms with E-state index >= 15 is 0 Å². The summed E-state index contributed by atoms with van der Waals surface area (Å²) in [5.74, 6) is -0.133. The highest BCUT2D eigenvalue weighted by molar-refractivity contribution is 5.86. The lowest BCUT2D eigenvalue weighted by molar-refractivity contribution is -0.155. The number of hydrogen-bond acceptors (Lipinski definition) is 4. The lowest BCUT2D eigenvalue weighted by Gasteiger charge is -2.34. The highest BCUT2D eigenvalue weighted by atomic mass is 16.5. The quantitative estimate of drug-likeness (QED) is 0.463. The molecule has 0 saturated carbocycles. The van der Waals surface area contributed by atoms with Gasteiger partial charge in [0.2, 0.25) is 0 Å². The van der Waals surface area contributed by atoms with E-state index in [0.29, 0.717) is 25.9 Å². The summed E-state index contributed by atoms with van der Waals surface area (Å²) in [6.07, 6.45) is 7.95. The van der Waals surface area contributed by atoms with Crippen molar-refractivity contribution in [2.24, 2.45) is 10.4 Å². The second-order valence-electron chi connectivity index (χ2n) is 7.25. The minimum Gasteiger partial charge on any atom is -0.466 e. The predicted molar refractivity (Wildman–Crippen MR) is 119 cm³/mol. The summed E-state index contributed by atoms with van der Waals surface area (Å²) in [6, 6.07) is 19.8. The summed E-state index contributed by atoms with van der Waals surface area (Å²) < 4.78 is 5.44. The molecule has 0 fully saturated rings. The second kappa shape index (κ2) is 9.87. The van der Waals surface area contributed by atoms with Crippen molar-refractivity contribution >= 4 is 23.6 Å². The van der Waals surface area contributed by atoms with Crippen LogP contribution >= 0.6 is 0 Å². The number of anilines is 1. The van der Waals surface area contributed by atoms with Crippen molar-refractivity contribution < 1.29 is 9.53 Å². The van der Waals surface area contributed by atoms with Gasteiger partial charge in [0, 0.05) is 18.1 Å². The molecule has 3 rings (SSSR count). The highest BCUT2D eigenvalue weighted by Gasteiger charge is 2.41. The number of ether oxygens (including phenoxy) is 1. The summed E-state index contributed by atoms with van der Waals surface area (Å²) >= 11 is 0. The molecule has 0 amide bonds. The van der Waals surface area contributed by atoms with E-state index in [1.165, 1.54) is 0 Å². The Morgan fingerprint density at radius 3 is 2.41 bits per heavy atom. The largest absolute Gasteiger partial charge is 0.466 e. The van der Waals surface area contributed by atoms with E-state index in [2.05, 4.69) is 23.3 Å². The smallest absolute Gasteiger partial charge is 0.312 e. The van der Waals surface area contributed by atoms with Gasteiger partial charge < -0.3 is 10.1 Å². The lowest BCUT2D eigenvalue weighted by Crippen LogP contribution is -2.35. The number of rotatable bonds is 7. The standard InChI is InChI=1S/C25H28N2O2/c1-3-25(24(28)29-4-2)16-20(18-26-22-11-7-5-8-12-22)15-21(17-25)19-27-23-13-9-6-10-14-23/h5-15,18-19,26H,3-4,16-17H2,1-2H3/b20-18-,27-19+. The first-order valence-corrected chi connectivity index (χ1v) is 10.1. The minimum atomic E-state index is -0.562. The molecule has 0 aliphatic heterocycles. The van der Waals surface area contributed by atoms with Crippen LogP contribution < -0.4 is 5.32 Å². The van der Waals surface area contributed by atoms with Crippen molar-refractivity contribution in [2.75, 3.05) is 11.9 Å². The highest BCUT2D eigenvalue weighted by Crippen LogP contribution is 2.42. The van der Waals surface area contributed by atoms with Gasteiger partial charge in [-0.3, -0.25) is 9.79 Å². The number of carbonyl (C=O) groups is 1. The van der Waals surface area contributed by atoms with Gasteiger partial charge in [-0.05, 0) is 61.6 Å². The molecule has 0 saturated heterocycles. The number of para-hydroxylation sites is 2. The van der Waals surface area contributed by atoms with E-state index in [4.69, 9.17) is 4.74 Å². The van der Waals surface area contributed by atoms with Crippen molar-refractivity contribution in [1.82, 2.24) is 0 Å². The number of nitrogens with one attached hydrogen (secondary N) is 1. The molecule has 2 aromatic rings. The molecule has 1 atom stereocenters. The number of esters is 1. The Balaban J connectivity index is 1.90.